The van der Waals surface area contributed by atoms with Crippen LogP contribution in [0.3, 0.4) is 0 Å². The van der Waals surface area contributed by atoms with Gasteiger partial charge in [-0.3, -0.25) is 0 Å². The van der Waals surface area contributed by atoms with Crippen molar-refractivity contribution < 1.29 is 19.1 Å². The molecule has 31 heavy (non-hydrogen) atoms. The Morgan fingerprint density at radius 3 is 2.68 bits per heavy atom. The highest BCUT2D eigenvalue weighted by atomic mass is 35.5. The Labute approximate surface area is 182 Å². The highest BCUT2D eigenvalue weighted by Gasteiger charge is 2.12. The van der Waals surface area contributed by atoms with E-state index >= 15 is 0 Å². The Morgan fingerprint density at radius 1 is 0.968 bits per heavy atom. The number of pyridine rings is 1. The number of carbonyl (C=O) groups is 1. The molecule has 0 fully saturated rings. The van der Waals surface area contributed by atoms with Crippen molar-refractivity contribution in [2.24, 2.45) is 0 Å². The molecule has 0 unspecified atom stereocenters. The molecule has 5 rings (SSSR count). The van der Waals surface area contributed by atoms with Crippen molar-refractivity contribution in [3.63, 3.8) is 0 Å². The SMILES string of the molecule is O=C(O)c1ccccc1COc1ccc2oc(-c3ccc4ccc(Cl)cc4n3)cc2c1. The number of fused-ring (bicyclic) bond motifs is 2. The Bertz CT molecular complexity index is 1440. The van der Waals surface area contributed by atoms with Crippen LogP contribution in [0.25, 0.3) is 33.3 Å². The third-order valence-electron chi connectivity index (χ3n) is 5.04. The van der Waals surface area contributed by atoms with Crippen LogP contribution in [-0.4, -0.2) is 16.1 Å². The smallest absolute Gasteiger partial charge is 0.336 e. The van der Waals surface area contributed by atoms with E-state index in [1.807, 2.05) is 48.5 Å². The molecule has 6 heteroatoms. The summed E-state index contributed by atoms with van der Waals surface area (Å²) >= 11 is 6.09. The second-order valence-electron chi connectivity index (χ2n) is 7.09. The van der Waals surface area contributed by atoms with Crippen molar-refractivity contribution in [2.75, 3.05) is 0 Å². The minimum absolute atomic E-state index is 0.158. The maximum absolute atomic E-state index is 11.4. The fourth-order valence-electron chi connectivity index (χ4n) is 3.48. The summed E-state index contributed by atoms with van der Waals surface area (Å²) in [7, 11) is 0. The molecule has 0 aliphatic carbocycles. The van der Waals surface area contributed by atoms with Gasteiger partial charge in [-0.25, -0.2) is 9.78 Å². The van der Waals surface area contributed by atoms with Crippen LogP contribution >= 0.6 is 11.6 Å². The van der Waals surface area contributed by atoms with Crippen molar-refractivity contribution in [3.05, 3.63) is 95.0 Å². The first kappa shape index (κ1) is 19.2. The third-order valence-corrected chi connectivity index (χ3v) is 5.27. The van der Waals surface area contributed by atoms with E-state index in [2.05, 4.69) is 4.98 Å². The van der Waals surface area contributed by atoms with Gasteiger partial charge in [0.15, 0.2) is 5.76 Å². The molecule has 0 spiro atoms. The number of carboxylic acids is 1. The quantitative estimate of drug-likeness (QED) is 0.341. The van der Waals surface area contributed by atoms with E-state index in [1.165, 1.54) is 0 Å². The molecule has 0 aliphatic heterocycles. The molecule has 2 aromatic heterocycles. The molecule has 0 saturated heterocycles. The molecule has 0 bridgehead atoms. The first-order valence-corrected chi connectivity index (χ1v) is 9.99. The van der Waals surface area contributed by atoms with E-state index in [4.69, 9.17) is 20.8 Å². The third kappa shape index (κ3) is 3.83. The zero-order chi connectivity index (χ0) is 21.4. The minimum atomic E-state index is -0.974. The number of hydrogen-bond acceptors (Lipinski definition) is 4. The fraction of sp³-hybridized carbons (Fsp3) is 0.0400. The van der Waals surface area contributed by atoms with Crippen molar-refractivity contribution in [1.29, 1.82) is 0 Å². The molecule has 5 aromatic rings. The maximum atomic E-state index is 11.4. The monoisotopic (exact) mass is 429 g/mol. The Hall–Kier alpha value is -3.83. The van der Waals surface area contributed by atoms with Crippen molar-refractivity contribution >= 4 is 39.4 Å². The van der Waals surface area contributed by atoms with E-state index in [-0.39, 0.29) is 12.2 Å². The number of carboxylic acid groups (broad SMARTS) is 1. The second kappa shape index (κ2) is 7.78. The number of aromatic nitrogens is 1. The van der Waals surface area contributed by atoms with Gasteiger partial charge in [0.1, 0.15) is 23.6 Å². The van der Waals surface area contributed by atoms with Gasteiger partial charge in [0.2, 0.25) is 0 Å². The van der Waals surface area contributed by atoms with Crippen molar-refractivity contribution in [1.82, 2.24) is 4.98 Å². The summed E-state index contributed by atoms with van der Waals surface area (Å²) in [4.78, 5) is 16.0. The lowest BCUT2D eigenvalue weighted by Crippen LogP contribution is -2.05. The number of benzene rings is 3. The summed E-state index contributed by atoms with van der Waals surface area (Å²) in [5, 5.41) is 11.8. The molecule has 0 atom stereocenters. The summed E-state index contributed by atoms with van der Waals surface area (Å²) in [5.74, 6) is 0.293. The van der Waals surface area contributed by atoms with Gasteiger partial charge in [-0.15, -0.1) is 0 Å². The van der Waals surface area contributed by atoms with Gasteiger partial charge in [-0.05, 0) is 48.5 Å². The number of aromatic carboxylic acids is 1. The van der Waals surface area contributed by atoms with Gasteiger partial charge in [0.05, 0.1) is 11.1 Å². The van der Waals surface area contributed by atoms with Gasteiger partial charge >= 0.3 is 5.97 Å². The number of ether oxygens (including phenoxy) is 1. The van der Waals surface area contributed by atoms with Crippen LogP contribution in [0.4, 0.5) is 0 Å². The number of hydrogen-bond donors (Lipinski definition) is 1. The van der Waals surface area contributed by atoms with Crippen LogP contribution in [0.1, 0.15) is 15.9 Å². The Kier molecular flexibility index (Phi) is 4.81. The average molecular weight is 430 g/mol. The molecule has 3 aromatic carbocycles. The van der Waals surface area contributed by atoms with Crippen LogP contribution in [0, 0.1) is 0 Å². The normalized spacial score (nSPS) is 11.1. The van der Waals surface area contributed by atoms with Crippen LogP contribution in [0.15, 0.2) is 83.3 Å². The average Bonchev–Trinajstić information content (AvgIpc) is 3.20. The lowest BCUT2D eigenvalue weighted by atomic mass is 10.1. The fourth-order valence-corrected chi connectivity index (χ4v) is 3.65. The molecular formula is C25H16ClNO4. The molecule has 5 nitrogen and oxygen atoms in total. The Morgan fingerprint density at radius 2 is 1.81 bits per heavy atom. The zero-order valence-corrected chi connectivity index (χ0v) is 17.0. The van der Waals surface area contributed by atoms with Gasteiger partial charge in [-0.1, -0.05) is 41.9 Å². The molecule has 1 N–H and O–H groups in total. The number of rotatable bonds is 5. The van der Waals surface area contributed by atoms with Crippen molar-refractivity contribution in [3.8, 4) is 17.2 Å². The lowest BCUT2D eigenvalue weighted by molar-refractivity contribution is 0.0694. The summed E-state index contributed by atoms with van der Waals surface area (Å²) in [6, 6.07) is 23.7. The molecular weight excluding hydrogens is 414 g/mol. The summed E-state index contributed by atoms with van der Waals surface area (Å²) in [6.07, 6.45) is 0. The molecule has 0 aliphatic rings. The minimum Gasteiger partial charge on any atom is -0.489 e. The maximum Gasteiger partial charge on any atom is 0.336 e. The predicted molar refractivity (Wildman–Crippen MR) is 120 cm³/mol. The summed E-state index contributed by atoms with van der Waals surface area (Å²) < 4.78 is 11.8. The van der Waals surface area contributed by atoms with E-state index < -0.39 is 5.97 Å². The van der Waals surface area contributed by atoms with E-state index in [0.717, 1.165) is 16.3 Å². The Balaban J connectivity index is 1.42. The summed E-state index contributed by atoms with van der Waals surface area (Å²) in [5.41, 5.74) is 3.07. The van der Waals surface area contributed by atoms with E-state index in [1.54, 1.807) is 30.3 Å². The van der Waals surface area contributed by atoms with Gasteiger partial charge in [0.25, 0.3) is 0 Å². The van der Waals surface area contributed by atoms with Crippen LogP contribution < -0.4 is 4.74 Å². The molecule has 0 radical (unpaired) electrons. The van der Waals surface area contributed by atoms with Gasteiger partial charge < -0.3 is 14.3 Å². The zero-order valence-electron chi connectivity index (χ0n) is 16.2. The molecule has 152 valence electrons. The topological polar surface area (TPSA) is 72.6 Å². The van der Waals surface area contributed by atoms with Gasteiger partial charge in [0, 0.05) is 21.4 Å². The number of nitrogens with zero attached hydrogens (tertiary/aromatic N) is 1. The van der Waals surface area contributed by atoms with Crippen LogP contribution in [0.5, 0.6) is 5.75 Å². The standard InChI is InChI=1S/C25H16ClNO4/c26-18-7-5-15-6-9-21(27-22(15)13-18)24-12-17-11-19(8-10-23(17)31-24)30-14-16-3-1-2-4-20(16)25(28)29/h1-13H,14H2,(H,28,29). The predicted octanol–water partition coefficient (Wildman–Crippen LogP) is 6.58. The van der Waals surface area contributed by atoms with E-state index in [9.17, 15) is 9.90 Å². The first-order chi connectivity index (χ1) is 15.1. The van der Waals surface area contributed by atoms with Gasteiger partial charge in [-0.2, -0.15) is 0 Å². The molecule has 2 heterocycles. The summed E-state index contributed by atoms with van der Waals surface area (Å²) in [6.45, 7) is 0.158. The highest BCUT2D eigenvalue weighted by Crippen LogP contribution is 2.31. The first-order valence-electron chi connectivity index (χ1n) is 9.61. The number of furan rings is 1. The lowest BCUT2D eigenvalue weighted by Gasteiger charge is -2.08. The van der Waals surface area contributed by atoms with E-state index in [0.29, 0.717) is 33.4 Å². The highest BCUT2D eigenvalue weighted by molar-refractivity contribution is 6.31. The van der Waals surface area contributed by atoms with Crippen LogP contribution in [-0.2, 0) is 6.61 Å². The largest absolute Gasteiger partial charge is 0.489 e. The molecule has 0 amide bonds. The van der Waals surface area contributed by atoms with Crippen LogP contribution in [0.2, 0.25) is 5.02 Å². The molecule has 0 saturated carbocycles. The number of halogens is 1. The second-order valence-corrected chi connectivity index (χ2v) is 7.53. The van der Waals surface area contributed by atoms with Crippen molar-refractivity contribution in [2.45, 2.75) is 6.61 Å².